The fourth-order valence-corrected chi connectivity index (χ4v) is 1.93. The summed E-state index contributed by atoms with van der Waals surface area (Å²) in [5.41, 5.74) is 1.84. The zero-order valence-electron chi connectivity index (χ0n) is 9.26. The van der Waals surface area contributed by atoms with Gasteiger partial charge in [0.15, 0.2) is 5.88 Å². The van der Waals surface area contributed by atoms with Crippen LogP contribution < -0.4 is 4.90 Å². The number of aliphatic imine (C=N–C) groups is 1. The maximum absolute atomic E-state index is 13.0. The van der Waals surface area contributed by atoms with Crippen LogP contribution in [0.5, 0.6) is 11.8 Å². The van der Waals surface area contributed by atoms with Crippen molar-refractivity contribution in [1.29, 1.82) is 0 Å². The van der Waals surface area contributed by atoms with Crippen molar-refractivity contribution in [1.82, 2.24) is 4.98 Å². The van der Waals surface area contributed by atoms with Gasteiger partial charge in [-0.3, -0.25) is 4.98 Å². The zero-order chi connectivity index (χ0) is 12.7. The first-order valence-corrected chi connectivity index (χ1v) is 5.33. The highest BCUT2D eigenvalue weighted by atomic mass is 19.1. The van der Waals surface area contributed by atoms with Crippen molar-refractivity contribution in [3.8, 4) is 11.8 Å². The first kappa shape index (κ1) is 10.6. The second-order valence-electron chi connectivity index (χ2n) is 4.03. The molecule has 0 atom stereocenters. The Kier molecular flexibility index (Phi) is 2.22. The standard InChI is InChI=1S/C12H10FN3O2/c13-8-2-1-7-5-16(6-14-9(7)3-8)10-4-11(17)15-12(10)18/h1-4,6,15,17-18H,5H2. The minimum Gasteiger partial charge on any atom is -0.494 e. The summed E-state index contributed by atoms with van der Waals surface area (Å²) in [4.78, 5) is 8.16. The average molecular weight is 247 g/mol. The third-order valence-corrected chi connectivity index (χ3v) is 2.80. The van der Waals surface area contributed by atoms with Gasteiger partial charge in [0, 0.05) is 6.07 Å². The van der Waals surface area contributed by atoms with E-state index in [2.05, 4.69) is 9.98 Å². The van der Waals surface area contributed by atoms with E-state index < -0.39 is 0 Å². The highest BCUT2D eigenvalue weighted by Crippen LogP contribution is 2.34. The van der Waals surface area contributed by atoms with Gasteiger partial charge in [-0.25, -0.2) is 9.38 Å². The highest BCUT2D eigenvalue weighted by molar-refractivity contribution is 5.86. The van der Waals surface area contributed by atoms with Crippen LogP contribution in [-0.2, 0) is 6.54 Å². The molecule has 92 valence electrons. The van der Waals surface area contributed by atoms with E-state index in [-0.39, 0.29) is 17.6 Å². The Morgan fingerprint density at radius 3 is 2.83 bits per heavy atom. The van der Waals surface area contributed by atoms with E-state index in [1.54, 1.807) is 11.0 Å². The molecular formula is C12H10FN3O2. The normalized spacial score (nSPS) is 13.7. The molecule has 0 spiro atoms. The number of rotatable bonds is 1. The number of aromatic hydroxyl groups is 2. The summed E-state index contributed by atoms with van der Waals surface area (Å²) < 4.78 is 13.0. The maximum atomic E-state index is 13.0. The molecule has 0 amide bonds. The van der Waals surface area contributed by atoms with E-state index in [9.17, 15) is 14.6 Å². The number of hydrogen-bond acceptors (Lipinski definition) is 4. The quantitative estimate of drug-likeness (QED) is 0.723. The molecule has 6 heteroatoms. The van der Waals surface area contributed by atoms with Crippen molar-refractivity contribution < 1.29 is 14.6 Å². The van der Waals surface area contributed by atoms with E-state index in [0.29, 0.717) is 17.9 Å². The molecule has 3 N–H and O–H groups in total. The molecule has 2 aromatic rings. The van der Waals surface area contributed by atoms with Crippen LogP contribution in [0.3, 0.4) is 0 Å². The number of aromatic nitrogens is 1. The molecule has 0 aliphatic carbocycles. The largest absolute Gasteiger partial charge is 0.494 e. The lowest BCUT2D eigenvalue weighted by Gasteiger charge is -2.23. The third kappa shape index (κ3) is 1.67. The number of fused-ring (bicyclic) bond motifs is 1. The van der Waals surface area contributed by atoms with Crippen molar-refractivity contribution in [2.24, 2.45) is 4.99 Å². The summed E-state index contributed by atoms with van der Waals surface area (Å²) >= 11 is 0. The lowest BCUT2D eigenvalue weighted by molar-refractivity contribution is 0.425. The lowest BCUT2D eigenvalue weighted by atomic mass is 10.1. The minimum atomic E-state index is -0.332. The molecule has 0 radical (unpaired) electrons. The Morgan fingerprint density at radius 2 is 2.11 bits per heavy atom. The van der Waals surface area contributed by atoms with Gasteiger partial charge in [0.1, 0.15) is 11.5 Å². The van der Waals surface area contributed by atoms with Gasteiger partial charge in [0.2, 0.25) is 5.88 Å². The van der Waals surface area contributed by atoms with Crippen molar-refractivity contribution >= 4 is 17.7 Å². The number of halogens is 1. The summed E-state index contributed by atoms with van der Waals surface area (Å²) in [5.74, 6) is -0.591. The van der Waals surface area contributed by atoms with E-state index in [0.717, 1.165) is 5.56 Å². The molecule has 18 heavy (non-hydrogen) atoms. The molecule has 1 aliphatic rings. The van der Waals surface area contributed by atoms with Gasteiger partial charge in [-0.2, -0.15) is 0 Å². The van der Waals surface area contributed by atoms with Crippen LogP contribution in [0.1, 0.15) is 5.56 Å². The average Bonchev–Trinajstić information content (AvgIpc) is 2.68. The fourth-order valence-electron chi connectivity index (χ4n) is 1.93. The number of nitrogens with zero attached hydrogens (tertiary/aromatic N) is 2. The molecule has 0 saturated carbocycles. The molecule has 1 aliphatic heterocycles. The Morgan fingerprint density at radius 1 is 1.28 bits per heavy atom. The summed E-state index contributed by atoms with van der Waals surface area (Å²) in [5, 5.41) is 18.9. The maximum Gasteiger partial charge on any atom is 0.215 e. The van der Waals surface area contributed by atoms with Crippen molar-refractivity contribution in [3.05, 3.63) is 35.6 Å². The monoisotopic (exact) mass is 247 g/mol. The second kappa shape index (κ2) is 3.76. The first-order chi connectivity index (χ1) is 8.63. The van der Waals surface area contributed by atoms with Gasteiger partial charge < -0.3 is 15.1 Å². The summed E-state index contributed by atoms with van der Waals surface area (Å²) in [6.07, 6.45) is 1.49. The number of anilines is 1. The Bertz CT molecular complexity index is 636. The molecular weight excluding hydrogens is 237 g/mol. The molecule has 0 unspecified atom stereocenters. The molecule has 5 nitrogen and oxygen atoms in total. The summed E-state index contributed by atoms with van der Waals surface area (Å²) in [6.45, 7) is 0.448. The first-order valence-electron chi connectivity index (χ1n) is 5.33. The van der Waals surface area contributed by atoms with E-state index in [1.165, 1.54) is 24.5 Å². The number of nitrogens with one attached hydrogen (secondary N) is 1. The minimum absolute atomic E-state index is 0.124. The van der Waals surface area contributed by atoms with Gasteiger partial charge in [0.25, 0.3) is 0 Å². The molecule has 1 aromatic carbocycles. The van der Waals surface area contributed by atoms with Crippen LogP contribution in [0.15, 0.2) is 29.3 Å². The lowest BCUT2D eigenvalue weighted by Crippen LogP contribution is -2.22. The predicted octanol–water partition coefficient (Wildman–Crippen LogP) is 2.24. The van der Waals surface area contributed by atoms with Crippen LogP contribution in [0.25, 0.3) is 0 Å². The zero-order valence-corrected chi connectivity index (χ0v) is 9.26. The molecule has 0 fully saturated rings. The molecule has 2 heterocycles. The van der Waals surface area contributed by atoms with Crippen molar-refractivity contribution in [3.63, 3.8) is 0 Å². The van der Waals surface area contributed by atoms with Gasteiger partial charge in [-0.1, -0.05) is 6.07 Å². The van der Waals surface area contributed by atoms with Crippen LogP contribution >= 0.6 is 0 Å². The second-order valence-corrected chi connectivity index (χ2v) is 4.03. The molecule has 1 aromatic heterocycles. The third-order valence-electron chi connectivity index (χ3n) is 2.80. The van der Waals surface area contributed by atoms with Crippen molar-refractivity contribution in [2.75, 3.05) is 4.90 Å². The van der Waals surface area contributed by atoms with Gasteiger partial charge >= 0.3 is 0 Å². The van der Waals surface area contributed by atoms with Crippen LogP contribution in [-0.4, -0.2) is 21.5 Å². The summed E-state index contributed by atoms with van der Waals surface area (Å²) in [6, 6.07) is 5.78. The molecule has 0 saturated heterocycles. The number of hydrogen-bond donors (Lipinski definition) is 3. The summed E-state index contributed by atoms with van der Waals surface area (Å²) in [7, 11) is 0. The van der Waals surface area contributed by atoms with Gasteiger partial charge in [-0.05, 0) is 17.7 Å². The van der Waals surface area contributed by atoms with Crippen LogP contribution in [0.2, 0.25) is 0 Å². The number of aromatic amines is 1. The Labute approximate surface area is 102 Å². The van der Waals surface area contributed by atoms with Gasteiger partial charge in [-0.15, -0.1) is 0 Å². The highest BCUT2D eigenvalue weighted by Gasteiger charge is 2.18. The van der Waals surface area contributed by atoms with Crippen LogP contribution in [0.4, 0.5) is 15.8 Å². The van der Waals surface area contributed by atoms with E-state index >= 15 is 0 Å². The van der Waals surface area contributed by atoms with Crippen molar-refractivity contribution in [2.45, 2.75) is 6.54 Å². The molecule has 0 bridgehead atoms. The smallest absolute Gasteiger partial charge is 0.215 e. The van der Waals surface area contributed by atoms with E-state index in [1.807, 2.05) is 0 Å². The van der Waals surface area contributed by atoms with E-state index in [4.69, 9.17) is 0 Å². The topological polar surface area (TPSA) is 71.8 Å². The van der Waals surface area contributed by atoms with Crippen LogP contribution in [0, 0.1) is 5.82 Å². The Hall–Kier alpha value is -2.50. The number of H-pyrrole nitrogens is 1. The molecule has 3 rings (SSSR count). The predicted molar refractivity (Wildman–Crippen MR) is 64.9 cm³/mol. The SMILES string of the molecule is Oc1cc(N2C=Nc3cc(F)ccc3C2)c(O)[nH]1. The fraction of sp³-hybridized carbons (Fsp3) is 0.0833. The van der Waals surface area contributed by atoms with Gasteiger partial charge in [0.05, 0.1) is 18.6 Å². The number of benzene rings is 1. The Balaban J connectivity index is 1.97.